The topological polar surface area (TPSA) is 61.3 Å². The van der Waals surface area contributed by atoms with Gasteiger partial charge in [0.2, 0.25) is 0 Å². The van der Waals surface area contributed by atoms with Crippen LogP contribution in [0.1, 0.15) is 6.42 Å². The van der Waals surface area contributed by atoms with E-state index in [2.05, 4.69) is 12.2 Å². The second-order valence-electron chi connectivity index (χ2n) is 1.57. The molecule has 0 aliphatic heterocycles. The normalized spacial score (nSPS) is 7.45. The summed E-state index contributed by atoms with van der Waals surface area (Å²) in [6.45, 7) is 1.54. The highest BCUT2D eigenvalue weighted by Gasteiger charge is 1.90. The summed E-state index contributed by atoms with van der Waals surface area (Å²) in [7, 11) is 0. The number of hydrogen-bond donors (Lipinski definition) is 2. The molecule has 0 aromatic heterocycles. The summed E-state index contributed by atoms with van der Waals surface area (Å²) in [4.78, 5) is 0. The average Bonchev–Trinajstić information content (AvgIpc) is 1.89. The summed E-state index contributed by atoms with van der Waals surface area (Å²) in [5.74, 6) is 0. The lowest BCUT2D eigenvalue weighted by molar-refractivity contribution is 0.304. The Balaban J connectivity index is -0.000000320. The van der Waals surface area contributed by atoms with Gasteiger partial charge in [-0.1, -0.05) is 0 Å². The molecule has 0 heterocycles. The fourth-order valence-electron chi connectivity index (χ4n) is 0.328. The maximum atomic E-state index is 5.20. The standard InChI is InChI=1S/C5H12N2OS.2ClH/c6-2-1-3-8-5(9)4-7;;/h1-4,6-7H2;2*1H. The van der Waals surface area contributed by atoms with Crippen LogP contribution in [0.3, 0.4) is 0 Å². The minimum absolute atomic E-state index is 0. The van der Waals surface area contributed by atoms with E-state index in [-0.39, 0.29) is 24.8 Å². The summed E-state index contributed by atoms with van der Waals surface area (Å²) in [5, 5.41) is 0.462. The molecule has 0 atom stereocenters. The Morgan fingerprint density at radius 1 is 1.27 bits per heavy atom. The summed E-state index contributed by atoms with van der Waals surface area (Å²) in [6, 6.07) is 0. The van der Waals surface area contributed by atoms with E-state index in [4.69, 9.17) is 16.2 Å². The zero-order valence-electron chi connectivity index (χ0n) is 6.12. The van der Waals surface area contributed by atoms with Gasteiger partial charge < -0.3 is 16.2 Å². The second-order valence-corrected chi connectivity index (χ2v) is 2.02. The smallest absolute Gasteiger partial charge is 0.173 e. The molecule has 0 saturated carbocycles. The number of rotatable bonds is 4. The van der Waals surface area contributed by atoms with Crippen molar-refractivity contribution in [2.24, 2.45) is 11.5 Å². The van der Waals surface area contributed by atoms with Crippen molar-refractivity contribution in [3.63, 3.8) is 0 Å². The highest BCUT2D eigenvalue weighted by molar-refractivity contribution is 7.80. The highest BCUT2D eigenvalue weighted by Crippen LogP contribution is 1.81. The van der Waals surface area contributed by atoms with Crippen LogP contribution in [0.2, 0.25) is 0 Å². The van der Waals surface area contributed by atoms with Crippen LogP contribution in [0, 0.1) is 0 Å². The predicted molar refractivity (Wildman–Crippen MR) is 55.8 cm³/mol. The lowest BCUT2D eigenvalue weighted by Crippen LogP contribution is -2.16. The van der Waals surface area contributed by atoms with Crippen LogP contribution in [-0.4, -0.2) is 24.7 Å². The van der Waals surface area contributed by atoms with Crippen molar-refractivity contribution in [2.45, 2.75) is 6.42 Å². The summed E-state index contributed by atoms with van der Waals surface area (Å²) >= 11 is 4.68. The first-order chi connectivity index (χ1) is 4.31. The van der Waals surface area contributed by atoms with Crippen molar-refractivity contribution >= 4 is 42.1 Å². The summed E-state index contributed by atoms with van der Waals surface area (Å²) < 4.78 is 4.96. The molecular weight excluding hydrogens is 207 g/mol. The second kappa shape index (κ2) is 13.0. The van der Waals surface area contributed by atoms with Gasteiger partial charge in [-0.3, -0.25) is 0 Å². The Hall–Kier alpha value is 0.390. The molecule has 0 aliphatic carbocycles. The van der Waals surface area contributed by atoms with Crippen molar-refractivity contribution in [2.75, 3.05) is 19.7 Å². The third-order valence-corrected chi connectivity index (χ3v) is 1.06. The van der Waals surface area contributed by atoms with Gasteiger partial charge in [-0.05, 0) is 25.2 Å². The minimum Gasteiger partial charge on any atom is -0.486 e. The van der Waals surface area contributed by atoms with Crippen molar-refractivity contribution in [1.29, 1.82) is 0 Å². The zero-order valence-corrected chi connectivity index (χ0v) is 8.57. The lowest BCUT2D eigenvalue weighted by Gasteiger charge is -2.02. The van der Waals surface area contributed by atoms with Gasteiger partial charge in [0.25, 0.3) is 0 Å². The van der Waals surface area contributed by atoms with E-state index in [9.17, 15) is 0 Å². The average molecular weight is 221 g/mol. The molecule has 4 N–H and O–H groups in total. The van der Waals surface area contributed by atoms with E-state index < -0.39 is 0 Å². The molecule has 0 fully saturated rings. The molecule has 0 aromatic carbocycles. The minimum atomic E-state index is 0. The molecule has 0 amide bonds. The number of ether oxygens (including phenoxy) is 1. The van der Waals surface area contributed by atoms with E-state index in [0.717, 1.165) is 6.42 Å². The molecule has 0 radical (unpaired) electrons. The SMILES string of the molecule is Cl.Cl.NCCCOC(=S)CN. The largest absolute Gasteiger partial charge is 0.486 e. The first-order valence-electron chi connectivity index (χ1n) is 2.87. The van der Waals surface area contributed by atoms with Gasteiger partial charge in [0.15, 0.2) is 5.05 Å². The van der Waals surface area contributed by atoms with Crippen molar-refractivity contribution in [3.8, 4) is 0 Å². The van der Waals surface area contributed by atoms with E-state index >= 15 is 0 Å². The lowest BCUT2D eigenvalue weighted by atomic mass is 10.5. The molecule has 70 valence electrons. The molecule has 11 heavy (non-hydrogen) atoms. The van der Waals surface area contributed by atoms with Gasteiger partial charge in [-0.25, -0.2) is 0 Å². The maximum Gasteiger partial charge on any atom is 0.173 e. The number of halogens is 2. The Kier molecular flexibility index (Phi) is 20.7. The van der Waals surface area contributed by atoms with Crippen LogP contribution >= 0.6 is 37.0 Å². The van der Waals surface area contributed by atoms with Crippen molar-refractivity contribution < 1.29 is 4.74 Å². The number of thiocarbonyl (C=S) groups is 1. The summed E-state index contributed by atoms with van der Waals surface area (Å²) in [6.07, 6.45) is 0.833. The van der Waals surface area contributed by atoms with E-state index in [1.807, 2.05) is 0 Å². The maximum absolute atomic E-state index is 5.20. The van der Waals surface area contributed by atoms with E-state index in [1.165, 1.54) is 0 Å². The van der Waals surface area contributed by atoms with E-state index in [0.29, 0.717) is 24.7 Å². The highest BCUT2D eigenvalue weighted by atomic mass is 35.5. The zero-order chi connectivity index (χ0) is 7.11. The van der Waals surface area contributed by atoms with Gasteiger partial charge in [0.05, 0.1) is 13.2 Å². The van der Waals surface area contributed by atoms with Crippen molar-refractivity contribution in [1.82, 2.24) is 0 Å². The van der Waals surface area contributed by atoms with Crippen LogP contribution in [0.5, 0.6) is 0 Å². The van der Waals surface area contributed by atoms with Gasteiger partial charge in [0, 0.05) is 0 Å². The third-order valence-electron chi connectivity index (χ3n) is 0.778. The van der Waals surface area contributed by atoms with Crippen molar-refractivity contribution in [3.05, 3.63) is 0 Å². The Bertz CT molecular complexity index is 94.6. The van der Waals surface area contributed by atoms with E-state index in [1.54, 1.807) is 0 Å². The molecule has 0 saturated heterocycles. The first kappa shape index (κ1) is 17.5. The first-order valence-corrected chi connectivity index (χ1v) is 3.28. The van der Waals surface area contributed by atoms with Gasteiger partial charge >= 0.3 is 0 Å². The van der Waals surface area contributed by atoms with Gasteiger partial charge in [-0.15, -0.1) is 24.8 Å². The fraction of sp³-hybridized carbons (Fsp3) is 0.800. The van der Waals surface area contributed by atoms with Gasteiger partial charge in [0.1, 0.15) is 0 Å². The quantitative estimate of drug-likeness (QED) is 0.535. The van der Waals surface area contributed by atoms with Crippen LogP contribution < -0.4 is 11.5 Å². The van der Waals surface area contributed by atoms with Crippen LogP contribution in [0.4, 0.5) is 0 Å². The van der Waals surface area contributed by atoms with Crippen LogP contribution in [0.25, 0.3) is 0 Å². The van der Waals surface area contributed by atoms with Gasteiger partial charge in [-0.2, -0.15) is 0 Å². The molecule has 0 rings (SSSR count). The number of hydrogen-bond acceptors (Lipinski definition) is 4. The molecule has 3 nitrogen and oxygen atoms in total. The molecule has 0 aromatic rings. The van der Waals surface area contributed by atoms with Crippen LogP contribution in [0.15, 0.2) is 0 Å². The monoisotopic (exact) mass is 220 g/mol. The Morgan fingerprint density at radius 2 is 1.82 bits per heavy atom. The summed E-state index contributed by atoms with van der Waals surface area (Å²) in [5.41, 5.74) is 10.4. The Labute approximate surface area is 84.7 Å². The molecule has 0 aliphatic rings. The molecule has 0 unspecified atom stereocenters. The number of nitrogens with two attached hydrogens (primary N) is 2. The molecule has 6 heteroatoms. The fourth-order valence-corrected chi connectivity index (χ4v) is 0.412. The van der Waals surface area contributed by atoms with Crippen LogP contribution in [-0.2, 0) is 4.74 Å². The molecule has 0 bridgehead atoms. The third kappa shape index (κ3) is 13.4. The predicted octanol–water partition coefficient (Wildman–Crippen LogP) is 0.482. The Morgan fingerprint density at radius 3 is 2.18 bits per heavy atom. The molecule has 0 spiro atoms. The molecular formula is C5H14Cl2N2OS.